The first-order chi connectivity index (χ1) is 14.0. The van der Waals surface area contributed by atoms with Crippen LogP contribution < -0.4 is 0 Å². The topological polar surface area (TPSA) is 87.1 Å². The zero-order valence-corrected chi connectivity index (χ0v) is 17.1. The maximum atomic E-state index is 13.1. The van der Waals surface area contributed by atoms with Gasteiger partial charge in [-0.25, -0.2) is 9.97 Å². The molecule has 1 N–H and O–H groups in total. The second-order valence-corrected chi connectivity index (χ2v) is 8.66. The van der Waals surface area contributed by atoms with Gasteiger partial charge >= 0.3 is 0 Å². The van der Waals surface area contributed by atoms with Crippen LogP contribution in [0.25, 0.3) is 0 Å². The third kappa shape index (κ3) is 2.88. The van der Waals surface area contributed by atoms with Gasteiger partial charge in [0.15, 0.2) is 0 Å². The van der Waals surface area contributed by atoms with Gasteiger partial charge in [0.25, 0.3) is 0 Å². The molecule has 0 bridgehead atoms. The number of carbonyl (C=O) groups excluding carboxylic acids is 2. The average Bonchev–Trinajstić information content (AvgIpc) is 3.31. The third-order valence-electron chi connectivity index (χ3n) is 6.99. The lowest BCUT2D eigenvalue weighted by molar-refractivity contribution is -0.146. The first kappa shape index (κ1) is 18.4. The molecule has 1 atom stereocenters. The van der Waals surface area contributed by atoms with E-state index in [0.29, 0.717) is 13.1 Å². The number of H-pyrrole nitrogens is 1. The van der Waals surface area contributed by atoms with Crippen LogP contribution in [0.15, 0.2) is 18.7 Å². The molecule has 5 rings (SSSR count). The van der Waals surface area contributed by atoms with E-state index in [9.17, 15) is 9.59 Å². The molecule has 1 saturated carbocycles. The monoisotopic (exact) mass is 396 g/mol. The van der Waals surface area contributed by atoms with Crippen LogP contribution in [0.1, 0.15) is 55.9 Å². The Bertz CT molecular complexity index is 935. The predicted octanol–water partition coefficient (Wildman–Crippen LogP) is 1.79. The zero-order chi connectivity index (χ0) is 20.2. The minimum absolute atomic E-state index is 0.110. The number of aromatic nitrogens is 4. The summed E-state index contributed by atoms with van der Waals surface area (Å²) in [7, 11) is 0. The Balaban J connectivity index is 1.38. The van der Waals surface area contributed by atoms with E-state index in [4.69, 9.17) is 0 Å². The summed E-state index contributed by atoms with van der Waals surface area (Å²) in [5.74, 6) is 1.42. The number of fused-ring (bicyclic) bond motifs is 2. The molecule has 2 fully saturated rings. The largest absolute Gasteiger partial charge is 0.348 e. The Morgan fingerprint density at radius 3 is 2.62 bits per heavy atom. The number of amides is 2. The number of aryl methyl sites for hydroxylation is 1. The lowest BCUT2D eigenvalue weighted by Crippen LogP contribution is -2.59. The van der Waals surface area contributed by atoms with Gasteiger partial charge < -0.3 is 19.4 Å². The van der Waals surface area contributed by atoms with Crippen LogP contribution in [0.5, 0.6) is 0 Å². The molecule has 4 heterocycles. The van der Waals surface area contributed by atoms with Crippen molar-refractivity contribution in [3.05, 3.63) is 35.9 Å². The number of rotatable bonds is 3. The highest BCUT2D eigenvalue weighted by Gasteiger charge is 2.51. The van der Waals surface area contributed by atoms with Crippen molar-refractivity contribution in [3.8, 4) is 0 Å². The van der Waals surface area contributed by atoms with Crippen LogP contribution >= 0.6 is 0 Å². The second kappa shape index (κ2) is 6.71. The number of hydrogen-bond acceptors (Lipinski definition) is 4. The molecule has 2 aliphatic heterocycles. The van der Waals surface area contributed by atoms with Crippen molar-refractivity contribution in [2.45, 2.75) is 57.5 Å². The maximum absolute atomic E-state index is 13.1. The van der Waals surface area contributed by atoms with Gasteiger partial charge in [0.05, 0.1) is 17.6 Å². The number of nitrogens with zero attached hydrogens (tertiary/aromatic N) is 5. The van der Waals surface area contributed by atoms with Gasteiger partial charge in [0, 0.05) is 50.1 Å². The molecule has 1 saturated heterocycles. The zero-order valence-electron chi connectivity index (χ0n) is 17.1. The number of nitrogens with one attached hydrogen (secondary N) is 1. The Hall–Kier alpha value is -2.64. The summed E-state index contributed by atoms with van der Waals surface area (Å²) in [5.41, 5.74) is 1.79. The lowest BCUT2D eigenvalue weighted by atomic mass is 9.78. The van der Waals surface area contributed by atoms with Crippen LogP contribution in [-0.4, -0.2) is 60.8 Å². The molecule has 1 spiro atoms. The molecule has 29 heavy (non-hydrogen) atoms. The van der Waals surface area contributed by atoms with Gasteiger partial charge in [-0.2, -0.15) is 0 Å². The highest BCUT2D eigenvalue weighted by atomic mass is 16.2. The molecule has 8 nitrogen and oxygen atoms in total. The van der Waals surface area contributed by atoms with Crippen molar-refractivity contribution in [2.24, 2.45) is 5.92 Å². The minimum atomic E-state index is -0.377. The number of aromatic amines is 1. The summed E-state index contributed by atoms with van der Waals surface area (Å²) in [4.78, 5) is 42.4. The van der Waals surface area contributed by atoms with E-state index in [2.05, 4.69) is 19.9 Å². The minimum Gasteiger partial charge on any atom is -0.348 e. The Morgan fingerprint density at radius 1 is 1.21 bits per heavy atom. The van der Waals surface area contributed by atoms with Gasteiger partial charge in [-0.05, 0) is 39.5 Å². The molecule has 0 aromatic carbocycles. The molecule has 2 amide bonds. The molecular formula is C21H28N6O2. The SMILES string of the molecule is Cc1nccn1[C@H](C)C(=O)N1CCC2(CC1)c1nc[nH]c1CCN2C(=O)C1CC1. The van der Waals surface area contributed by atoms with Crippen LogP contribution in [0.2, 0.25) is 0 Å². The Kier molecular flexibility index (Phi) is 4.26. The van der Waals surface area contributed by atoms with E-state index in [0.717, 1.165) is 55.9 Å². The van der Waals surface area contributed by atoms with Crippen molar-refractivity contribution >= 4 is 11.8 Å². The fraction of sp³-hybridized carbons (Fsp3) is 0.619. The van der Waals surface area contributed by atoms with E-state index in [-0.39, 0.29) is 29.3 Å². The molecule has 2 aromatic rings. The van der Waals surface area contributed by atoms with Gasteiger partial charge in [0.2, 0.25) is 11.8 Å². The van der Waals surface area contributed by atoms with Gasteiger partial charge in [-0.3, -0.25) is 9.59 Å². The summed E-state index contributed by atoms with van der Waals surface area (Å²) in [6.45, 7) is 5.85. The van der Waals surface area contributed by atoms with Crippen LogP contribution in [-0.2, 0) is 21.5 Å². The van der Waals surface area contributed by atoms with Crippen molar-refractivity contribution in [3.63, 3.8) is 0 Å². The van der Waals surface area contributed by atoms with E-state index in [1.165, 1.54) is 0 Å². The molecule has 1 aliphatic carbocycles. The normalized spacial score (nSPS) is 21.9. The van der Waals surface area contributed by atoms with E-state index in [1.807, 2.05) is 29.5 Å². The molecule has 154 valence electrons. The quantitative estimate of drug-likeness (QED) is 0.857. The number of likely N-dealkylation sites (tertiary alicyclic amines) is 1. The van der Waals surface area contributed by atoms with Crippen LogP contribution in [0, 0.1) is 12.8 Å². The van der Waals surface area contributed by atoms with Gasteiger partial charge in [-0.1, -0.05) is 0 Å². The van der Waals surface area contributed by atoms with Gasteiger partial charge in [0.1, 0.15) is 11.9 Å². The van der Waals surface area contributed by atoms with E-state index in [1.54, 1.807) is 12.5 Å². The smallest absolute Gasteiger partial charge is 0.245 e. The predicted molar refractivity (Wildman–Crippen MR) is 106 cm³/mol. The maximum Gasteiger partial charge on any atom is 0.245 e. The van der Waals surface area contributed by atoms with Crippen molar-refractivity contribution in [2.75, 3.05) is 19.6 Å². The molecular weight excluding hydrogens is 368 g/mol. The molecule has 0 radical (unpaired) electrons. The number of piperidine rings is 1. The standard InChI is InChI=1S/C21H28N6O2/c1-14(26-12-8-22-15(26)2)19(28)25-10-6-21(7-11-25)18-17(23-13-24-18)5-9-27(21)20(29)16-3-4-16/h8,12-14,16H,3-7,9-11H2,1-2H3,(H,23,24)/t14-/m1/s1. The average molecular weight is 396 g/mol. The number of carbonyl (C=O) groups is 2. The van der Waals surface area contributed by atoms with Gasteiger partial charge in [-0.15, -0.1) is 0 Å². The number of imidazole rings is 2. The summed E-state index contributed by atoms with van der Waals surface area (Å²) in [6.07, 6.45) is 9.66. The Morgan fingerprint density at radius 2 is 1.97 bits per heavy atom. The van der Waals surface area contributed by atoms with Crippen molar-refractivity contribution < 1.29 is 9.59 Å². The lowest BCUT2D eigenvalue weighted by Gasteiger charge is -2.50. The molecule has 2 aromatic heterocycles. The fourth-order valence-electron chi connectivity index (χ4n) is 5.13. The number of hydrogen-bond donors (Lipinski definition) is 1. The van der Waals surface area contributed by atoms with E-state index >= 15 is 0 Å². The molecule has 8 heteroatoms. The summed E-state index contributed by atoms with van der Waals surface area (Å²) in [6, 6.07) is -0.275. The first-order valence-electron chi connectivity index (χ1n) is 10.6. The summed E-state index contributed by atoms with van der Waals surface area (Å²) >= 11 is 0. The first-order valence-corrected chi connectivity index (χ1v) is 10.6. The van der Waals surface area contributed by atoms with Crippen molar-refractivity contribution in [1.29, 1.82) is 0 Å². The van der Waals surface area contributed by atoms with Crippen LogP contribution in [0.3, 0.4) is 0 Å². The summed E-state index contributed by atoms with van der Waals surface area (Å²) in [5, 5.41) is 0. The Labute approximate surface area is 170 Å². The fourth-order valence-corrected chi connectivity index (χ4v) is 5.13. The second-order valence-electron chi connectivity index (χ2n) is 8.66. The third-order valence-corrected chi connectivity index (χ3v) is 6.99. The van der Waals surface area contributed by atoms with Crippen LogP contribution in [0.4, 0.5) is 0 Å². The summed E-state index contributed by atoms with van der Waals surface area (Å²) < 4.78 is 1.92. The molecule has 3 aliphatic rings. The highest BCUT2D eigenvalue weighted by Crippen LogP contribution is 2.45. The van der Waals surface area contributed by atoms with Crippen molar-refractivity contribution in [1.82, 2.24) is 29.3 Å². The van der Waals surface area contributed by atoms with E-state index < -0.39 is 0 Å². The highest BCUT2D eigenvalue weighted by molar-refractivity contribution is 5.83. The molecule has 0 unspecified atom stereocenters.